The van der Waals surface area contributed by atoms with Crippen molar-refractivity contribution in [3.63, 3.8) is 0 Å². The van der Waals surface area contributed by atoms with Gasteiger partial charge in [0.25, 0.3) is 0 Å². The summed E-state index contributed by atoms with van der Waals surface area (Å²) in [5.41, 5.74) is 3.02. The zero-order valence-electron chi connectivity index (χ0n) is 14.2. The van der Waals surface area contributed by atoms with E-state index in [9.17, 15) is 4.79 Å². The number of halogens is 1. The van der Waals surface area contributed by atoms with Crippen LogP contribution in [0.25, 0.3) is 0 Å². The summed E-state index contributed by atoms with van der Waals surface area (Å²) in [7, 11) is 0. The zero-order valence-corrected chi connectivity index (χ0v) is 14.9. The highest BCUT2D eigenvalue weighted by molar-refractivity contribution is 6.33. The monoisotopic (exact) mass is 362 g/mol. The van der Waals surface area contributed by atoms with Crippen LogP contribution in [0, 0.1) is 0 Å². The molecule has 130 valence electrons. The van der Waals surface area contributed by atoms with Crippen LogP contribution in [0.1, 0.15) is 17.2 Å². The van der Waals surface area contributed by atoms with Crippen LogP contribution in [-0.4, -0.2) is 12.1 Å². The third kappa shape index (κ3) is 3.18. The second-order valence-electron chi connectivity index (χ2n) is 6.42. The lowest BCUT2D eigenvalue weighted by atomic mass is 9.94. The van der Waals surface area contributed by atoms with Gasteiger partial charge < -0.3 is 5.32 Å². The number of carbonyl (C=O) groups is 1. The summed E-state index contributed by atoms with van der Waals surface area (Å²) >= 11 is 6.41. The molecule has 2 atom stereocenters. The van der Waals surface area contributed by atoms with E-state index in [1.807, 2.05) is 60.7 Å². The molecule has 2 amide bonds. The van der Waals surface area contributed by atoms with Crippen LogP contribution in [-0.2, 0) is 6.42 Å². The first kappa shape index (κ1) is 16.7. The molecule has 3 aromatic carbocycles. The minimum atomic E-state index is -0.121. The third-order valence-corrected chi connectivity index (χ3v) is 5.06. The van der Waals surface area contributed by atoms with Gasteiger partial charge in [-0.05, 0) is 29.7 Å². The van der Waals surface area contributed by atoms with Crippen molar-refractivity contribution < 1.29 is 4.79 Å². The second-order valence-corrected chi connectivity index (χ2v) is 6.83. The Morgan fingerprint density at radius 2 is 1.46 bits per heavy atom. The Morgan fingerprint density at radius 3 is 2.15 bits per heavy atom. The van der Waals surface area contributed by atoms with Crippen LogP contribution in [0.3, 0.4) is 0 Å². The fraction of sp³-hybridized carbons (Fsp3) is 0.136. The number of benzene rings is 3. The number of para-hydroxylation sites is 1. The molecule has 1 N–H and O–H groups in total. The number of hydrogen-bond acceptors (Lipinski definition) is 1. The Morgan fingerprint density at radius 1 is 0.846 bits per heavy atom. The number of amides is 2. The standard InChI is InChI=1S/C22H19ClN2O/c23-18-13-7-8-14-20(18)25-21(17-11-5-2-6-12-17)19(24-22(25)26)15-16-9-3-1-4-10-16/h1-14,19,21H,15H2,(H,24,26)/t19-,21+/m0/s1. The number of hydrogen-bond donors (Lipinski definition) is 1. The molecule has 4 heteroatoms. The van der Waals surface area contributed by atoms with E-state index < -0.39 is 0 Å². The van der Waals surface area contributed by atoms with Gasteiger partial charge in [-0.1, -0.05) is 84.4 Å². The highest BCUT2D eigenvalue weighted by Crippen LogP contribution is 2.38. The van der Waals surface area contributed by atoms with Crippen LogP contribution in [0.5, 0.6) is 0 Å². The lowest BCUT2D eigenvalue weighted by Gasteiger charge is -2.27. The van der Waals surface area contributed by atoms with E-state index in [4.69, 9.17) is 11.6 Å². The third-order valence-electron chi connectivity index (χ3n) is 4.74. The number of nitrogens with one attached hydrogen (secondary N) is 1. The molecule has 0 unspecified atom stereocenters. The number of urea groups is 1. The lowest BCUT2D eigenvalue weighted by Crippen LogP contribution is -2.30. The Labute approximate surface area is 158 Å². The Kier molecular flexibility index (Phi) is 4.63. The molecule has 0 aliphatic carbocycles. The highest BCUT2D eigenvalue weighted by atomic mass is 35.5. The summed E-state index contributed by atoms with van der Waals surface area (Å²) in [5.74, 6) is 0. The molecule has 0 saturated carbocycles. The van der Waals surface area contributed by atoms with E-state index in [1.54, 1.807) is 4.90 Å². The molecular weight excluding hydrogens is 344 g/mol. The summed E-state index contributed by atoms with van der Waals surface area (Å²) in [4.78, 5) is 14.7. The van der Waals surface area contributed by atoms with E-state index >= 15 is 0 Å². The predicted molar refractivity (Wildman–Crippen MR) is 106 cm³/mol. The molecule has 4 rings (SSSR count). The van der Waals surface area contributed by atoms with E-state index in [0.717, 1.165) is 17.7 Å². The summed E-state index contributed by atoms with van der Waals surface area (Å²) in [6, 6.07) is 27.6. The van der Waals surface area contributed by atoms with Crippen LogP contribution < -0.4 is 10.2 Å². The predicted octanol–water partition coefficient (Wildman–Crippen LogP) is 5.22. The van der Waals surface area contributed by atoms with Crippen LogP contribution >= 0.6 is 11.6 Å². The van der Waals surface area contributed by atoms with Gasteiger partial charge in [0.15, 0.2) is 0 Å². The average molecular weight is 363 g/mol. The van der Waals surface area contributed by atoms with Gasteiger partial charge in [0.2, 0.25) is 0 Å². The summed E-state index contributed by atoms with van der Waals surface area (Å²) in [5, 5.41) is 3.73. The fourth-order valence-corrected chi connectivity index (χ4v) is 3.81. The molecule has 0 bridgehead atoms. The molecule has 1 aliphatic heterocycles. The minimum absolute atomic E-state index is 0.0384. The maximum atomic E-state index is 12.9. The Hall–Kier alpha value is -2.78. The Bertz CT molecular complexity index is 898. The maximum absolute atomic E-state index is 12.9. The first-order chi connectivity index (χ1) is 12.7. The number of anilines is 1. The van der Waals surface area contributed by atoms with Gasteiger partial charge in [-0.25, -0.2) is 4.79 Å². The van der Waals surface area contributed by atoms with Crippen molar-refractivity contribution in [1.82, 2.24) is 5.32 Å². The molecule has 1 heterocycles. The van der Waals surface area contributed by atoms with Crippen LogP contribution in [0.15, 0.2) is 84.9 Å². The van der Waals surface area contributed by atoms with Crippen molar-refractivity contribution in [2.45, 2.75) is 18.5 Å². The van der Waals surface area contributed by atoms with Crippen molar-refractivity contribution >= 4 is 23.3 Å². The smallest absolute Gasteiger partial charge is 0.322 e. The zero-order chi connectivity index (χ0) is 17.9. The van der Waals surface area contributed by atoms with Crippen molar-refractivity contribution in [2.24, 2.45) is 0 Å². The quantitative estimate of drug-likeness (QED) is 0.677. The molecule has 3 nitrogen and oxygen atoms in total. The van der Waals surface area contributed by atoms with Gasteiger partial charge >= 0.3 is 6.03 Å². The molecular formula is C22H19ClN2O. The van der Waals surface area contributed by atoms with E-state index in [-0.39, 0.29) is 18.1 Å². The van der Waals surface area contributed by atoms with E-state index in [0.29, 0.717) is 5.02 Å². The summed E-state index contributed by atoms with van der Waals surface area (Å²) < 4.78 is 0. The first-order valence-electron chi connectivity index (χ1n) is 8.67. The first-order valence-corrected chi connectivity index (χ1v) is 9.05. The average Bonchev–Trinajstić information content (AvgIpc) is 2.99. The molecule has 26 heavy (non-hydrogen) atoms. The van der Waals surface area contributed by atoms with Gasteiger partial charge in [0, 0.05) is 0 Å². The number of rotatable bonds is 4. The van der Waals surface area contributed by atoms with Gasteiger partial charge in [0.1, 0.15) is 0 Å². The molecule has 1 saturated heterocycles. The molecule has 3 aromatic rings. The van der Waals surface area contributed by atoms with Gasteiger partial charge in [0.05, 0.1) is 22.8 Å². The lowest BCUT2D eigenvalue weighted by molar-refractivity contribution is 0.250. The van der Waals surface area contributed by atoms with Crippen molar-refractivity contribution in [1.29, 1.82) is 0 Å². The van der Waals surface area contributed by atoms with Crippen molar-refractivity contribution in [2.75, 3.05) is 4.90 Å². The summed E-state index contributed by atoms with van der Waals surface area (Å²) in [6.07, 6.45) is 0.757. The van der Waals surface area contributed by atoms with Crippen LogP contribution in [0.4, 0.5) is 10.5 Å². The van der Waals surface area contributed by atoms with Gasteiger partial charge in [-0.3, -0.25) is 4.90 Å². The Balaban J connectivity index is 1.76. The number of carbonyl (C=O) groups excluding carboxylic acids is 1. The topological polar surface area (TPSA) is 32.3 Å². The molecule has 0 radical (unpaired) electrons. The number of nitrogens with zero attached hydrogens (tertiary/aromatic N) is 1. The largest absolute Gasteiger partial charge is 0.332 e. The molecule has 1 aliphatic rings. The van der Waals surface area contributed by atoms with Crippen LogP contribution in [0.2, 0.25) is 5.02 Å². The second kappa shape index (κ2) is 7.22. The van der Waals surface area contributed by atoms with Gasteiger partial charge in [-0.2, -0.15) is 0 Å². The molecule has 0 spiro atoms. The summed E-state index contributed by atoms with van der Waals surface area (Å²) in [6.45, 7) is 0. The van der Waals surface area contributed by atoms with Crippen molar-refractivity contribution in [3.8, 4) is 0 Å². The SMILES string of the molecule is O=C1N[C@@H](Cc2ccccc2)[C@@H](c2ccccc2)N1c1ccccc1Cl. The molecule has 0 aromatic heterocycles. The molecule has 1 fully saturated rings. The van der Waals surface area contributed by atoms with Gasteiger partial charge in [-0.15, -0.1) is 0 Å². The highest BCUT2D eigenvalue weighted by Gasteiger charge is 2.41. The normalized spacial score (nSPS) is 19.4. The fourth-order valence-electron chi connectivity index (χ4n) is 3.58. The van der Waals surface area contributed by atoms with E-state index in [1.165, 1.54) is 5.56 Å². The minimum Gasteiger partial charge on any atom is -0.332 e. The maximum Gasteiger partial charge on any atom is 0.322 e. The van der Waals surface area contributed by atoms with Crippen molar-refractivity contribution in [3.05, 3.63) is 101 Å². The van der Waals surface area contributed by atoms with E-state index in [2.05, 4.69) is 29.6 Å².